The molecule has 0 heterocycles. The summed E-state index contributed by atoms with van der Waals surface area (Å²) in [7, 11) is 0. The summed E-state index contributed by atoms with van der Waals surface area (Å²) in [6.07, 6.45) is 3.49. The Bertz CT molecular complexity index is 382. The molecule has 1 aromatic carbocycles. The normalized spacial score (nSPS) is 10.4. The predicted octanol–water partition coefficient (Wildman–Crippen LogP) is 5.46. The van der Waals surface area contributed by atoms with E-state index in [1.165, 1.54) is 0 Å². The third-order valence-electron chi connectivity index (χ3n) is 2.16. The van der Waals surface area contributed by atoms with Crippen molar-refractivity contribution in [2.45, 2.75) is 32.6 Å². The first-order chi connectivity index (χ1) is 8.04. The molecule has 1 aromatic rings. The monoisotopic (exact) mass is 426 g/mol. The van der Waals surface area contributed by atoms with Crippen LogP contribution >= 0.6 is 47.8 Å². The SMILES string of the molecule is CCCCCC(=O)Oc1c(Br)cc(Br)cc1Br. The molecule has 0 aromatic heterocycles. The molecule has 0 fully saturated rings. The molecule has 0 aliphatic carbocycles. The molecule has 0 amide bonds. The van der Waals surface area contributed by atoms with Crippen LogP contribution in [0.15, 0.2) is 25.6 Å². The largest absolute Gasteiger partial charge is 0.424 e. The fraction of sp³-hybridized carbons (Fsp3) is 0.417. The van der Waals surface area contributed by atoms with Crippen molar-refractivity contribution in [3.8, 4) is 5.75 Å². The summed E-state index contributed by atoms with van der Waals surface area (Å²) in [6.45, 7) is 2.10. The van der Waals surface area contributed by atoms with Crippen molar-refractivity contribution in [1.82, 2.24) is 0 Å². The fourth-order valence-corrected chi connectivity index (χ4v) is 3.73. The van der Waals surface area contributed by atoms with Gasteiger partial charge in [0.25, 0.3) is 0 Å². The van der Waals surface area contributed by atoms with E-state index < -0.39 is 0 Å². The molecular weight excluding hydrogens is 416 g/mol. The van der Waals surface area contributed by atoms with Crippen LogP contribution in [0.3, 0.4) is 0 Å². The number of carbonyl (C=O) groups is 1. The average molecular weight is 429 g/mol. The van der Waals surface area contributed by atoms with E-state index in [0.717, 1.165) is 32.7 Å². The first-order valence-electron chi connectivity index (χ1n) is 5.39. The minimum absolute atomic E-state index is 0.192. The number of unbranched alkanes of at least 4 members (excludes halogenated alkanes) is 2. The van der Waals surface area contributed by atoms with Gasteiger partial charge in [0, 0.05) is 10.9 Å². The molecule has 0 N–H and O–H groups in total. The third-order valence-corrected chi connectivity index (χ3v) is 3.80. The highest BCUT2D eigenvalue weighted by Crippen LogP contribution is 2.36. The van der Waals surface area contributed by atoms with E-state index in [0.29, 0.717) is 12.2 Å². The van der Waals surface area contributed by atoms with Crippen LogP contribution < -0.4 is 4.74 Å². The second kappa shape index (κ2) is 7.54. The Morgan fingerprint density at radius 2 is 1.76 bits per heavy atom. The Morgan fingerprint density at radius 1 is 1.18 bits per heavy atom. The van der Waals surface area contributed by atoms with Gasteiger partial charge in [-0.2, -0.15) is 0 Å². The van der Waals surface area contributed by atoms with Crippen LogP contribution in [0.5, 0.6) is 5.75 Å². The fourth-order valence-electron chi connectivity index (χ4n) is 1.31. The topological polar surface area (TPSA) is 26.3 Å². The molecule has 0 saturated heterocycles. The summed E-state index contributed by atoms with van der Waals surface area (Å²) < 4.78 is 7.75. The summed E-state index contributed by atoms with van der Waals surface area (Å²) in [5.41, 5.74) is 0. The lowest BCUT2D eigenvalue weighted by atomic mass is 10.2. The predicted molar refractivity (Wildman–Crippen MR) is 79.3 cm³/mol. The van der Waals surface area contributed by atoms with Crippen LogP contribution in [0.4, 0.5) is 0 Å². The lowest BCUT2D eigenvalue weighted by Crippen LogP contribution is -2.08. The number of carbonyl (C=O) groups excluding carboxylic acids is 1. The maximum atomic E-state index is 11.6. The average Bonchev–Trinajstić information content (AvgIpc) is 2.24. The maximum Gasteiger partial charge on any atom is 0.311 e. The quantitative estimate of drug-likeness (QED) is 0.353. The molecule has 1 rings (SSSR count). The van der Waals surface area contributed by atoms with Crippen molar-refractivity contribution < 1.29 is 9.53 Å². The second-order valence-corrected chi connectivity index (χ2v) is 6.25. The van der Waals surface area contributed by atoms with Crippen molar-refractivity contribution in [1.29, 1.82) is 0 Å². The number of ether oxygens (including phenoxy) is 1. The highest BCUT2D eigenvalue weighted by molar-refractivity contribution is 9.11. The number of rotatable bonds is 5. The lowest BCUT2D eigenvalue weighted by molar-refractivity contribution is -0.134. The Labute approximate surface area is 126 Å². The summed E-state index contributed by atoms with van der Waals surface area (Å²) >= 11 is 10.1. The van der Waals surface area contributed by atoms with E-state index >= 15 is 0 Å². The van der Waals surface area contributed by atoms with E-state index in [1.54, 1.807) is 0 Å². The minimum Gasteiger partial charge on any atom is -0.424 e. The summed E-state index contributed by atoms with van der Waals surface area (Å²) in [5.74, 6) is 0.344. The molecule has 0 aliphatic rings. The van der Waals surface area contributed by atoms with Gasteiger partial charge in [0.2, 0.25) is 0 Å². The molecular formula is C12H13Br3O2. The van der Waals surface area contributed by atoms with Crippen LogP contribution in [0.1, 0.15) is 32.6 Å². The smallest absolute Gasteiger partial charge is 0.311 e. The highest BCUT2D eigenvalue weighted by Gasteiger charge is 2.12. The van der Waals surface area contributed by atoms with Gasteiger partial charge in [0.15, 0.2) is 5.75 Å². The number of hydrogen-bond donors (Lipinski definition) is 0. The number of esters is 1. The van der Waals surface area contributed by atoms with E-state index in [2.05, 4.69) is 54.7 Å². The van der Waals surface area contributed by atoms with Gasteiger partial charge in [-0.25, -0.2) is 0 Å². The minimum atomic E-state index is -0.192. The summed E-state index contributed by atoms with van der Waals surface area (Å²) in [6, 6.07) is 3.69. The van der Waals surface area contributed by atoms with Gasteiger partial charge in [-0.05, 0) is 50.4 Å². The molecule has 0 saturated carbocycles. The summed E-state index contributed by atoms with van der Waals surface area (Å²) in [4.78, 5) is 11.6. The van der Waals surface area contributed by atoms with Gasteiger partial charge in [0.1, 0.15) is 0 Å². The van der Waals surface area contributed by atoms with Gasteiger partial charge < -0.3 is 4.74 Å². The van der Waals surface area contributed by atoms with Crippen molar-refractivity contribution in [3.63, 3.8) is 0 Å². The number of hydrogen-bond acceptors (Lipinski definition) is 2. The molecule has 0 radical (unpaired) electrons. The van der Waals surface area contributed by atoms with Crippen molar-refractivity contribution in [2.75, 3.05) is 0 Å². The van der Waals surface area contributed by atoms with Crippen molar-refractivity contribution in [2.24, 2.45) is 0 Å². The van der Waals surface area contributed by atoms with Crippen LogP contribution in [-0.2, 0) is 4.79 Å². The molecule has 5 heteroatoms. The number of benzene rings is 1. The Balaban J connectivity index is 2.65. The molecule has 0 aliphatic heterocycles. The molecule has 0 atom stereocenters. The maximum absolute atomic E-state index is 11.6. The van der Waals surface area contributed by atoms with Crippen LogP contribution in [0, 0.1) is 0 Å². The van der Waals surface area contributed by atoms with Gasteiger partial charge in [0.05, 0.1) is 8.95 Å². The third kappa shape index (κ3) is 5.10. The lowest BCUT2D eigenvalue weighted by Gasteiger charge is -2.09. The zero-order chi connectivity index (χ0) is 12.8. The molecule has 0 bridgehead atoms. The zero-order valence-electron chi connectivity index (χ0n) is 9.43. The first-order valence-corrected chi connectivity index (χ1v) is 7.77. The molecule has 0 unspecified atom stereocenters. The van der Waals surface area contributed by atoms with E-state index in [9.17, 15) is 4.79 Å². The van der Waals surface area contributed by atoms with Gasteiger partial charge in [-0.1, -0.05) is 35.7 Å². The van der Waals surface area contributed by atoms with Gasteiger partial charge in [-0.15, -0.1) is 0 Å². The van der Waals surface area contributed by atoms with Crippen LogP contribution in [0.2, 0.25) is 0 Å². The van der Waals surface area contributed by atoms with Gasteiger partial charge in [-0.3, -0.25) is 4.79 Å². The van der Waals surface area contributed by atoms with Gasteiger partial charge >= 0.3 is 5.97 Å². The first kappa shape index (κ1) is 15.2. The van der Waals surface area contributed by atoms with E-state index in [1.807, 2.05) is 12.1 Å². The number of halogens is 3. The molecule has 0 spiro atoms. The Morgan fingerprint density at radius 3 is 2.29 bits per heavy atom. The molecule has 2 nitrogen and oxygen atoms in total. The molecule has 17 heavy (non-hydrogen) atoms. The molecule has 94 valence electrons. The van der Waals surface area contributed by atoms with E-state index in [-0.39, 0.29) is 5.97 Å². The van der Waals surface area contributed by atoms with Crippen molar-refractivity contribution in [3.05, 3.63) is 25.6 Å². The highest BCUT2D eigenvalue weighted by atomic mass is 79.9. The Kier molecular flexibility index (Phi) is 6.74. The van der Waals surface area contributed by atoms with Crippen LogP contribution in [-0.4, -0.2) is 5.97 Å². The summed E-state index contributed by atoms with van der Waals surface area (Å²) in [5, 5.41) is 0. The zero-order valence-corrected chi connectivity index (χ0v) is 14.2. The second-order valence-electron chi connectivity index (χ2n) is 3.63. The standard InChI is InChI=1S/C12H13Br3O2/c1-2-3-4-5-11(16)17-12-9(14)6-8(13)7-10(12)15/h6-7H,2-5H2,1H3. The Hall–Kier alpha value is 0.130. The van der Waals surface area contributed by atoms with E-state index in [4.69, 9.17) is 4.74 Å². The van der Waals surface area contributed by atoms with Crippen molar-refractivity contribution >= 4 is 53.8 Å². The van der Waals surface area contributed by atoms with Crippen LogP contribution in [0.25, 0.3) is 0 Å².